The Morgan fingerprint density at radius 3 is 2.87 bits per heavy atom. The zero-order valence-electron chi connectivity index (χ0n) is 7.93. The van der Waals surface area contributed by atoms with Crippen molar-refractivity contribution < 1.29 is 13.6 Å². The lowest BCUT2D eigenvalue weighted by Crippen LogP contribution is -2.22. The van der Waals surface area contributed by atoms with Crippen LogP contribution in [0.3, 0.4) is 0 Å². The Labute approximate surface area is 90.5 Å². The van der Waals surface area contributed by atoms with Crippen molar-refractivity contribution in [2.24, 2.45) is 0 Å². The van der Waals surface area contributed by atoms with Crippen LogP contribution in [0.5, 0.6) is 0 Å². The molecule has 0 aromatic carbocycles. The highest BCUT2D eigenvalue weighted by molar-refractivity contribution is 6.33. The van der Waals surface area contributed by atoms with Gasteiger partial charge in [0.15, 0.2) is 0 Å². The Kier molecular flexibility index (Phi) is 3.57. The van der Waals surface area contributed by atoms with Crippen LogP contribution in [-0.4, -0.2) is 16.8 Å². The van der Waals surface area contributed by atoms with Crippen molar-refractivity contribution in [2.45, 2.75) is 19.3 Å². The molecule has 0 atom stereocenters. The smallest absolute Gasteiger partial charge is 0.254 e. The van der Waals surface area contributed by atoms with Crippen LogP contribution in [0.2, 0.25) is 5.02 Å². The van der Waals surface area contributed by atoms with E-state index in [0.29, 0.717) is 6.92 Å². The molecule has 1 aromatic heterocycles. The fourth-order valence-electron chi connectivity index (χ4n) is 0.946. The predicted molar refractivity (Wildman–Crippen MR) is 53.1 cm³/mol. The van der Waals surface area contributed by atoms with Crippen LogP contribution in [0.15, 0.2) is 18.5 Å². The Balaban J connectivity index is 2.64. The molecule has 82 valence electrons. The summed E-state index contributed by atoms with van der Waals surface area (Å²) in [5.41, 5.74) is 0.230. The van der Waals surface area contributed by atoms with E-state index in [-0.39, 0.29) is 10.7 Å². The Bertz CT molecular complexity index is 365. The summed E-state index contributed by atoms with van der Waals surface area (Å²) in [6.07, 6.45) is 1.86. The molecule has 1 heterocycles. The molecule has 0 spiro atoms. The van der Waals surface area contributed by atoms with Crippen LogP contribution < -0.4 is 5.32 Å². The van der Waals surface area contributed by atoms with Crippen LogP contribution >= 0.6 is 11.6 Å². The Morgan fingerprint density at radius 2 is 2.33 bits per heavy atom. The van der Waals surface area contributed by atoms with Crippen molar-refractivity contribution in [1.29, 1.82) is 0 Å². The highest BCUT2D eigenvalue weighted by Crippen LogP contribution is 2.21. The van der Waals surface area contributed by atoms with E-state index in [9.17, 15) is 13.6 Å². The van der Waals surface area contributed by atoms with Gasteiger partial charge >= 0.3 is 0 Å². The number of alkyl halides is 2. The normalized spacial score (nSPS) is 11.2. The summed E-state index contributed by atoms with van der Waals surface area (Å²) in [5, 5.41) is 2.52. The molecular weight excluding hydrogens is 226 g/mol. The second kappa shape index (κ2) is 4.53. The quantitative estimate of drug-likeness (QED) is 0.874. The van der Waals surface area contributed by atoms with Gasteiger partial charge in [0.1, 0.15) is 0 Å². The maximum absolute atomic E-state index is 12.5. The van der Waals surface area contributed by atoms with Gasteiger partial charge in [-0.3, -0.25) is 9.78 Å². The molecule has 0 bridgehead atoms. The number of carbonyl (C=O) groups excluding carboxylic acids is 1. The summed E-state index contributed by atoms with van der Waals surface area (Å²) in [4.78, 5) is 14.8. The van der Waals surface area contributed by atoms with Gasteiger partial charge in [-0.05, 0) is 13.0 Å². The molecule has 0 aliphatic rings. The number of rotatable bonds is 3. The van der Waals surface area contributed by atoms with Crippen LogP contribution in [0.1, 0.15) is 13.3 Å². The zero-order chi connectivity index (χ0) is 11.5. The second-order valence-corrected chi connectivity index (χ2v) is 3.56. The highest BCUT2D eigenvalue weighted by Gasteiger charge is 2.25. The van der Waals surface area contributed by atoms with Crippen LogP contribution in [-0.2, 0) is 4.79 Å². The lowest BCUT2D eigenvalue weighted by Gasteiger charge is -2.10. The topological polar surface area (TPSA) is 42.0 Å². The van der Waals surface area contributed by atoms with E-state index < -0.39 is 18.3 Å². The number of anilines is 1. The maximum Gasteiger partial charge on any atom is 0.254 e. The summed E-state index contributed by atoms with van der Waals surface area (Å²) in [6.45, 7) is 0.678. The molecule has 15 heavy (non-hydrogen) atoms. The molecule has 1 amide bonds. The van der Waals surface area contributed by atoms with E-state index in [1.165, 1.54) is 18.5 Å². The average Bonchev–Trinajstić information content (AvgIpc) is 2.05. The first-order chi connectivity index (χ1) is 6.88. The third kappa shape index (κ3) is 4.20. The van der Waals surface area contributed by atoms with Crippen molar-refractivity contribution in [2.75, 3.05) is 5.32 Å². The molecule has 1 rings (SSSR count). The third-order valence-electron chi connectivity index (χ3n) is 1.51. The Hall–Kier alpha value is -1.23. The van der Waals surface area contributed by atoms with Crippen molar-refractivity contribution >= 4 is 23.2 Å². The van der Waals surface area contributed by atoms with Gasteiger partial charge in [-0.15, -0.1) is 0 Å². The van der Waals surface area contributed by atoms with E-state index >= 15 is 0 Å². The maximum atomic E-state index is 12.5. The molecule has 0 aliphatic heterocycles. The van der Waals surface area contributed by atoms with Crippen molar-refractivity contribution in [1.82, 2.24) is 4.98 Å². The van der Waals surface area contributed by atoms with E-state index in [1.807, 2.05) is 0 Å². The fraction of sp³-hybridized carbons (Fsp3) is 0.333. The summed E-state index contributed by atoms with van der Waals surface area (Å²) in [6, 6.07) is 1.46. The lowest BCUT2D eigenvalue weighted by molar-refractivity contribution is -0.122. The molecule has 3 nitrogen and oxygen atoms in total. The standard InChI is InChI=1S/C9H9ClF2N2O/c1-9(11,12)4-8(15)14-7-5-13-3-2-6(7)10/h2-3,5H,4H2,1H3,(H,14,15). The van der Waals surface area contributed by atoms with Crippen LogP contribution in [0.4, 0.5) is 14.5 Å². The fourth-order valence-corrected chi connectivity index (χ4v) is 1.10. The Morgan fingerprint density at radius 1 is 1.67 bits per heavy atom. The van der Waals surface area contributed by atoms with Gasteiger partial charge in [0, 0.05) is 6.20 Å². The molecule has 1 aromatic rings. The molecular formula is C9H9ClF2N2O. The monoisotopic (exact) mass is 234 g/mol. The number of nitrogens with zero attached hydrogens (tertiary/aromatic N) is 1. The minimum atomic E-state index is -3.03. The third-order valence-corrected chi connectivity index (χ3v) is 1.84. The predicted octanol–water partition coefficient (Wildman–Crippen LogP) is 2.72. The first-order valence-corrected chi connectivity index (χ1v) is 4.53. The van der Waals surface area contributed by atoms with E-state index in [1.54, 1.807) is 0 Å². The van der Waals surface area contributed by atoms with Crippen molar-refractivity contribution in [3.05, 3.63) is 23.5 Å². The molecule has 0 unspecified atom stereocenters. The second-order valence-electron chi connectivity index (χ2n) is 3.15. The van der Waals surface area contributed by atoms with Gasteiger partial charge in [0.2, 0.25) is 5.91 Å². The molecule has 0 saturated heterocycles. The number of carbonyl (C=O) groups is 1. The molecule has 0 aliphatic carbocycles. The lowest BCUT2D eigenvalue weighted by atomic mass is 10.2. The SMILES string of the molecule is CC(F)(F)CC(=O)Nc1cnccc1Cl. The summed E-state index contributed by atoms with van der Waals surface area (Å²) < 4.78 is 24.9. The number of nitrogens with one attached hydrogen (secondary N) is 1. The van der Waals surface area contributed by atoms with E-state index in [2.05, 4.69) is 10.3 Å². The molecule has 0 fully saturated rings. The number of aromatic nitrogens is 1. The van der Waals surface area contributed by atoms with E-state index in [4.69, 9.17) is 11.6 Å². The summed E-state index contributed by atoms with van der Waals surface area (Å²) in [5.74, 6) is -3.82. The zero-order valence-corrected chi connectivity index (χ0v) is 8.68. The van der Waals surface area contributed by atoms with Gasteiger partial charge in [0.05, 0.1) is 23.3 Å². The van der Waals surface area contributed by atoms with Crippen molar-refractivity contribution in [3.63, 3.8) is 0 Å². The van der Waals surface area contributed by atoms with Gasteiger partial charge < -0.3 is 5.32 Å². The van der Waals surface area contributed by atoms with Gasteiger partial charge in [-0.2, -0.15) is 0 Å². The summed E-state index contributed by atoms with van der Waals surface area (Å²) >= 11 is 5.70. The van der Waals surface area contributed by atoms with Crippen molar-refractivity contribution in [3.8, 4) is 0 Å². The molecule has 6 heteroatoms. The number of pyridine rings is 1. The molecule has 1 N–H and O–H groups in total. The number of hydrogen-bond donors (Lipinski definition) is 1. The van der Waals surface area contributed by atoms with Crippen LogP contribution in [0, 0.1) is 0 Å². The summed E-state index contributed by atoms with van der Waals surface area (Å²) in [7, 11) is 0. The largest absolute Gasteiger partial charge is 0.323 e. The van der Waals surface area contributed by atoms with Gasteiger partial charge in [0.25, 0.3) is 5.92 Å². The molecule has 0 radical (unpaired) electrons. The van der Waals surface area contributed by atoms with Crippen LogP contribution in [0.25, 0.3) is 0 Å². The minimum absolute atomic E-state index is 0.230. The molecule has 0 saturated carbocycles. The van der Waals surface area contributed by atoms with E-state index in [0.717, 1.165) is 0 Å². The minimum Gasteiger partial charge on any atom is -0.323 e. The van der Waals surface area contributed by atoms with Gasteiger partial charge in [-0.1, -0.05) is 11.6 Å². The highest BCUT2D eigenvalue weighted by atomic mass is 35.5. The average molecular weight is 235 g/mol. The first-order valence-electron chi connectivity index (χ1n) is 4.16. The number of halogens is 3. The van der Waals surface area contributed by atoms with Gasteiger partial charge in [-0.25, -0.2) is 8.78 Å². The first kappa shape index (κ1) is 11.8. The number of hydrogen-bond acceptors (Lipinski definition) is 2. The number of amides is 1.